The molecule has 2 rings (SSSR count). The SMILES string of the molecule is CC1CN(c2c(N=O)cnn2C)CCN1C(=O)OC(C)(C)C. The van der Waals surface area contributed by atoms with Crippen molar-refractivity contribution in [2.75, 3.05) is 24.5 Å². The molecule has 1 saturated heterocycles. The maximum atomic E-state index is 12.2. The van der Waals surface area contributed by atoms with Gasteiger partial charge in [-0.25, -0.2) is 4.79 Å². The molecule has 1 amide bonds. The van der Waals surface area contributed by atoms with Gasteiger partial charge in [0, 0.05) is 32.7 Å². The molecule has 1 aromatic heterocycles. The fraction of sp³-hybridized carbons (Fsp3) is 0.714. The van der Waals surface area contributed by atoms with Gasteiger partial charge in [0.1, 0.15) is 5.60 Å². The van der Waals surface area contributed by atoms with Gasteiger partial charge >= 0.3 is 6.09 Å². The van der Waals surface area contributed by atoms with Crippen LogP contribution in [0.15, 0.2) is 11.4 Å². The summed E-state index contributed by atoms with van der Waals surface area (Å²) in [6, 6.07) is -0.0296. The van der Waals surface area contributed by atoms with Crippen molar-refractivity contribution >= 4 is 17.6 Å². The molecule has 0 aromatic carbocycles. The smallest absolute Gasteiger partial charge is 0.410 e. The zero-order chi connectivity index (χ0) is 16.5. The van der Waals surface area contributed by atoms with E-state index in [4.69, 9.17) is 4.74 Å². The largest absolute Gasteiger partial charge is 0.444 e. The molecule has 0 aliphatic carbocycles. The zero-order valence-corrected chi connectivity index (χ0v) is 13.7. The summed E-state index contributed by atoms with van der Waals surface area (Å²) in [5.74, 6) is 0.686. The lowest BCUT2D eigenvalue weighted by atomic mass is 10.2. The summed E-state index contributed by atoms with van der Waals surface area (Å²) in [6.45, 7) is 9.24. The van der Waals surface area contributed by atoms with Crippen LogP contribution >= 0.6 is 0 Å². The fourth-order valence-corrected chi connectivity index (χ4v) is 2.59. The van der Waals surface area contributed by atoms with E-state index < -0.39 is 5.60 Å². The Kier molecular flexibility index (Phi) is 4.39. The van der Waals surface area contributed by atoms with Gasteiger partial charge in [-0.15, -0.1) is 4.91 Å². The summed E-state index contributed by atoms with van der Waals surface area (Å²) < 4.78 is 7.06. The molecule has 1 fully saturated rings. The number of nitroso groups, excluding NO2 is 1. The Hall–Kier alpha value is -2.12. The molecule has 1 unspecified atom stereocenters. The zero-order valence-electron chi connectivity index (χ0n) is 13.7. The standard InChI is InChI=1S/C14H23N5O3/c1-10-9-18(12-11(16-21)8-15-17(12)5)6-7-19(10)13(20)22-14(2,3)4/h8,10H,6-7,9H2,1-5H3. The minimum absolute atomic E-state index is 0.0296. The third-order valence-corrected chi connectivity index (χ3v) is 3.54. The highest BCUT2D eigenvalue weighted by molar-refractivity contribution is 5.69. The van der Waals surface area contributed by atoms with Crippen molar-refractivity contribution in [2.24, 2.45) is 12.2 Å². The second-order valence-corrected chi connectivity index (χ2v) is 6.54. The number of rotatable bonds is 2. The molecule has 0 saturated carbocycles. The maximum absolute atomic E-state index is 12.2. The molecule has 1 aliphatic heterocycles. The van der Waals surface area contributed by atoms with Gasteiger partial charge in [0.05, 0.1) is 6.20 Å². The molecular formula is C14H23N5O3. The number of hydrogen-bond acceptors (Lipinski definition) is 6. The van der Waals surface area contributed by atoms with E-state index in [1.54, 1.807) is 16.6 Å². The van der Waals surface area contributed by atoms with Gasteiger partial charge in [-0.1, -0.05) is 0 Å². The van der Waals surface area contributed by atoms with Crippen molar-refractivity contribution in [1.82, 2.24) is 14.7 Å². The Morgan fingerprint density at radius 3 is 2.64 bits per heavy atom. The lowest BCUT2D eigenvalue weighted by molar-refractivity contribution is 0.0158. The average Bonchev–Trinajstić information content (AvgIpc) is 2.77. The molecule has 0 radical (unpaired) electrons. The normalized spacial score (nSPS) is 19.2. The quantitative estimate of drug-likeness (QED) is 0.783. The van der Waals surface area contributed by atoms with Crippen LogP contribution in [0.3, 0.4) is 0 Å². The number of carbonyl (C=O) groups is 1. The summed E-state index contributed by atoms with van der Waals surface area (Å²) in [5, 5.41) is 7.08. The number of carbonyl (C=O) groups excluding carboxylic acids is 1. The molecule has 0 N–H and O–H groups in total. The topological polar surface area (TPSA) is 80.0 Å². The van der Waals surface area contributed by atoms with E-state index in [-0.39, 0.29) is 12.1 Å². The monoisotopic (exact) mass is 309 g/mol. The molecule has 8 nitrogen and oxygen atoms in total. The van der Waals surface area contributed by atoms with Crippen molar-refractivity contribution in [3.63, 3.8) is 0 Å². The van der Waals surface area contributed by atoms with Crippen LogP contribution in [-0.2, 0) is 11.8 Å². The minimum Gasteiger partial charge on any atom is -0.444 e. The molecule has 1 atom stereocenters. The van der Waals surface area contributed by atoms with Crippen LogP contribution in [0.4, 0.5) is 16.3 Å². The molecule has 1 aliphatic rings. The van der Waals surface area contributed by atoms with Crippen LogP contribution in [0.2, 0.25) is 0 Å². The van der Waals surface area contributed by atoms with E-state index >= 15 is 0 Å². The number of aromatic nitrogens is 2. The number of amides is 1. The molecule has 8 heteroatoms. The second kappa shape index (κ2) is 5.94. The highest BCUT2D eigenvalue weighted by Crippen LogP contribution is 2.29. The average molecular weight is 309 g/mol. The third kappa shape index (κ3) is 3.37. The first-order chi connectivity index (χ1) is 10.2. The van der Waals surface area contributed by atoms with Gasteiger partial charge in [-0.05, 0) is 32.9 Å². The number of aryl methyl sites for hydroxylation is 1. The number of nitrogens with zero attached hydrogens (tertiary/aromatic N) is 5. The molecule has 0 bridgehead atoms. The Balaban J connectivity index is 2.08. The van der Waals surface area contributed by atoms with Gasteiger partial charge < -0.3 is 14.5 Å². The maximum Gasteiger partial charge on any atom is 0.410 e. The molecule has 22 heavy (non-hydrogen) atoms. The molecular weight excluding hydrogens is 286 g/mol. The Morgan fingerprint density at radius 2 is 2.09 bits per heavy atom. The van der Waals surface area contributed by atoms with E-state index in [0.717, 1.165) is 0 Å². The summed E-state index contributed by atoms with van der Waals surface area (Å²) >= 11 is 0. The predicted molar refractivity (Wildman–Crippen MR) is 83.3 cm³/mol. The first-order valence-corrected chi connectivity index (χ1v) is 7.33. The van der Waals surface area contributed by atoms with Crippen LogP contribution < -0.4 is 4.90 Å². The molecule has 2 heterocycles. The minimum atomic E-state index is -0.509. The van der Waals surface area contributed by atoms with Gasteiger partial charge in [-0.2, -0.15) is 5.10 Å². The van der Waals surface area contributed by atoms with Gasteiger partial charge in [0.25, 0.3) is 0 Å². The van der Waals surface area contributed by atoms with Crippen molar-refractivity contribution in [1.29, 1.82) is 0 Å². The first kappa shape index (κ1) is 16.3. The van der Waals surface area contributed by atoms with Crippen molar-refractivity contribution < 1.29 is 9.53 Å². The third-order valence-electron chi connectivity index (χ3n) is 3.54. The Bertz CT molecular complexity index is 563. The van der Waals surface area contributed by atoms with Crippen LogP contribution in [0.5, 0.6) is 0 Å². The van der Waals surface area contributed by atoms with Crippen molar-refractivity contribution in [3.05, 3.63) is 11.1 Å². The van der Waals surface area contributed by atoms with E-state index in [9.17, 15) is 9.70 Å². The summed E-state index contributed by atoms with van der Waals surface area (Å²) in [5.41, 5.74) is -0.190. The summed E-state index contributed by atoms with van der Waals surface area (Å²) in [4.78, 5) is 26.8. The lowest BCUT2D eigenvalue weighted by Gasteiger charge is -2.40. The van der Waals surface area contributed by atoms with Crippen LogP contribution in [0.1, 0.15) is 27.7 Å². The fourth-order valence-electron chi connectivity index (χ4n) is 2.59. The van der Waals surface area contributed by atoms with E-state index in [2.05, 4.69) is 10.3 Å². The van der Waals surface area contributed by atoms with E-state index in [1.807, 2.05) is 32.6 Å². The number of anilines is 1. The van der Waals surface area contributed by atoms with Crippen molar-refractivity contribution in [2.45, 2.75) is 39.3 Å². The number of hydrogen-bond donors (Lipinski definition) is 0. The van der Waals surface area contributed by atoms with Gasteiger partial charge in [-0.3, -0.25) is 4.68 Å². The number of ether oxygens (including phenoxy) is 1. The van der Waals surface area contributed by atoms with Crippen LogP contribution in [0.25, 0.3) is 0 Å². The summed E-state index contributed by atoms with van der Waals surface area (Å²) in [7, 11) is 1.77. The van der Waals surface area contributed by atoms with Gasteiger partial charge in [0.2, 0.25) is 0 Å². The van der Waals surface area contributed by atoms with Crippen LogP contribution in [-0.4, -0.2) is 52.1 Å². The Morgan fingerprint density at radius 1 is 1.41 bits per heavy atom. The number of piperazine rings is 1. The molecule has 1 aromatic rings. The van der Waals surface area contributed by atoms with E-state index in [1.165, 1.54) is 6.20 Å². The molecule has 122 valence electrons. The van der Waals surface area contributed by atoms with Crippen LogP contribution in [0, 0.1) is 4.91 Å². The van der Waals surface area contributed by atoms with Crippen molar-refractivity contribution in [3.8, 4) is 0 Å². The first-order valence-electron chi connectivity index (χ1n) is 7.33. The summed E-state index contributed by atoms with van der Waals surface area (Å²) in [6.07, 6.45) is 1.14. The second-order valence-electron chi connectivity index (χ2n) is 6.54. The predicted octanol–water partition coefficient (Wildman–Crippen LogP) is 2.26. The van der Waals surface area contributed by atoms with Gasteiger partial charge in [0.15, 0.2) is 11.5 Å². The highest BCUT2D eigenvalue weighted by Gasteiger charge is 2.32. The van der Waals surface area contributed by atoms with E-state index in [0.29, 0.717) is 31.1 Å². The lowest BCUT2D eigenvalue weighted by Crippen LogP contribution is -2.55. The molecule has 0 spiro atoms. The Labute approximate surface area is 130 Å². The highest BCUT2D eigenvalue weighted by atomic mass is 16.6.